The van der Waals surface area contributed by atoms with E-state index in [-0.39, 0.29) is 23.3 Å². The van der Waals surface area contributed by atoms with Crippen LogP contribution in [0.5, 0.6) is 17.4 Å². The van der Waals surface area contributed by atoms with Crippen molar-refractivity contribution in [3.8, 4) is 28.6 Å². The van der Waals surface area contributed by atoms with Gasteiger partial charge in [0.2, 0.25) is 23.2 Å². The Morgan fingerprint density at radius 2 is 1.77 bits per heavy atom. The second-order valence-electron chi connectivity index (χ2n) is 7.35. The third-order valence-corrected chi connectivity index (χ3v) is 5.98. The summed E-state index contributed by atoms with van der Waals surface area (Å²) in [5.74, 6) is -1.35. The first kappa shape index (κ1) is 24.6. The summed E-state index contributed by atoms with van der Waals surface area (Å²) < 4.78 is 17.2. The average Bonchev–Trinajstić information content (AvgIpc) is 2.94. The fourth-order valence-electron chi connectivity index (χ4n) is 3.56. The summed E-state index contributed by atoms with van der Waals surface area (Å²) >= 11 is 4.67. The highest BCUT2D eigenvalue weighted by Gasteiger charge is 2.35. The molecule has 2 aromatic carbocycles. The number of amides is 1. The highest BCUT2D eigenvalue weighted by atomic mass is 79.9. The van der Waals surface area contributed by atoms with Gasteiger partial charge >= 0.3 is 11.9 Å². The maximum Gasteiger partial charge on any atom is 0.308 e. The van der Waals surface area contributed by atoms with Gasteiger partial charge in [0.1, 0.15) is 0 Å². The lowest BCUT2D eigenvalue weighted by Gasteiger charge is -2.30. The number of carbonyl (C=O) groups is 3. The fourth-order valence-corrected chi connectivity index (χ4v) is 4.40. The fraction of sp³-hybridized carbons (Fsp3) is 0.217. The van der Waals surface area contributed by atoms with E-state index in [9.17, 15) is 14.4 Å². The number of para-hydroxylation sites is 1. The van der Waals surface area contributed by atoms with Gasteiger partial charge in [-0.05, 0) is 40.4 Å². The third-order valence-electron chi connectivity index (χ3n) is 4.85. The first-order chi connectivity index (χ1) is 16.7. The Morgan fingerprint density at radius 3 is 2.43 bits per heavy atom. The summed E-state index contributed by atoms with van der Waals surface area (Å²) in [7, 11) is 0. The van der Waals surface area contributed by atoms with Gasteiger partial charge in [0.25, 0.3) is 0 Å². The van der Waals surface area contributed by atoms with Gasteiger partial charge in [-0.2, -0.15) is 4.98 Å². The van der Waals surface area contributed by atoms with Crippen molar-refractivity contribution in [1.29, 1.82) is 0 Å². The first-order valence-corrected chi connectivity index (χ1v) is 12.3. The van der Waals surface area contributed by atoms with Gasteiger partial charge in [-0.15, -0.1) is 10.2 Å². The lowest BCUT2D eigenvalue weighted by molar-refractivity contribution is -0.134. The zero-order valence-corrected chi connectivity index (χ0v) is 21.5. The Labute approximate surface area is 213 Å². The quantitative estimate of drug-likeness (QED) is 0.260. The number of esters is 2. The largest absolute Gasteiger partial charge is 0.447 e. The molecule has 1 aliphatic rings. The zero-order valence-electron chi connectivity index (χ0n) is 19.1. The molecule has 12 heteroatoms. The van der Waals surface area contributed by atoms with Crippen molar-refractivity contribution in [2.24, 2.45) is 0 Å². The molecule has 3 aromatic rings. The number of anilines is 1. The minimum absolute atomic E-state index is 0.0208. The molecule has 2 heterocycles. The van der Waals surface area contributed by atoms with E-state index in [1.807, 2.05) is 12.3 Å². The van der Waals surface area contributed by atoms with Gasteiger partial charge in [0, 0.05) is 31.9 Å². The number of thioether (sulfide) groups is 1. The van der Waals surface area contributed by atoms with Crippen molar-refractivity contribution in [1.82, 2.24) is 15.2 Å². The Balaban J connectivity index is 1.96. The molecule has 0 spiro atoms. The molecule has 0 radical (unpaired) electrons. The predicted octanol–water partition coefficient (Wildman–Crippen LogP) is 4.32. The Hall–Kier alpha value is -3.51. The number of ether oxygens (including phenoxy) is 3. The van der Waals surface area contributed by atoms with E-state index in [1.54, 1.807) is 24.3 Å². The van der Waals surface area contributed by atoms with Crippen LogP contribution >= 0.6 is 27.7 Å². The molecule has 1 aliphatic heterocycles. The van der Waals surface area contributed by atoms with Crippen LogP contribution in [0.1, 0.15) is 32.6 Å². The van der Waals surface area contributed by atoms with E-state index >= 15 is 0 Å². The van der Waals surface area contributed by atoms with Gasteiger partial charge in [-0.3, -0.25) is 19.3 Å². The topological polar surface area (TPSA) is 121 Å². The molecule has 180 valence electrons. The van der Waals surface area contributed by atoms with Gasteiger partial charge in [-0.1, -0.05) is 30.0 Å². The van der Waals surface area contributed by atoms with Crippen LogP contribution in [0.4, 0.5) is 5.69 Å². The number of carbonyl (C=O) groups excluding carboxylic acids is 3. The SMILES string of the molecule is CSc1nnc2c(n1)O[C@@H](c1cc(Br)c(OC(C)=O)c(OC(C)=O)c1)N(C(C)=O)c1ccccc1-2. The molecule has 0 fully saturated rings. The molecule has 0 saturated carbocycles. The number of benzene rings is 2. The number of hydrogen-bond donors (Lipinski definition) is 0. The number of aromatic nitrogens is 3. The molecule has 0 unspecified atom stereocenters. The monoisotopic (exact) mass is 558 g/mol. The standard InChI is InChI=1S/C23H19BrN4O6S/c1-11(29)28-17-8-6-5-7-15(17)19-21(25-23(35-4)27-26-19)34-22(28)14-9-16(24)20(33-13(3)31)18(10-14)32-12(2)30/h5-10,22H,1-4H3/t22-/m0/s1. The smallest absolute Gasteiger partial charge is 0.308 e. The van der Waals surface area contributed by atoms with Crippen LogP contribution in [-0.2, 0) is 14.4 Å². The molecule has 1 amide bonds. The van der Waals surface area contributed by atoms with Crippen molar-refractivity contribution in [3.63, 3.8) is 0 Å². The minimum Gasteiger partial charge on any atom is -0.447 e. The molecular formula is C23H19BrN4O6S. The van der Waals surface area contributed by atoms with Gasteiger partial charge < -0.3 is 14.2 Å². The van der Waals surface area contributed by atoms with Crippen LogP contribution in [0.25, 0.3) is 11.3 Å². The zero-order chi connectivity index (χ0) is 25.3. The van der Waals surface area contributed by atoms with Crippen LogP contribution in [0, 0.1) is 0 Å². The summed E-state index contributed by atoms with van der Waals surface area (Å²) in [6.07, 6.45) is 0.780. The molecule has 0 N–H and O–H groups in total. The molecule has 0 saturated heterocycles. The van der Waals surface area contributed by atoms with Gasteiger partial charge in [0.15, 0.2) is 17.2 Å². The summed E-state index contributed by atoms with van der Waals surface area (Å²) in [4.78, 5) is 42.3. The maximum atomic E-state index is 13.0. The molecule has 1 aromatic heterocycles. The molecule has 0 aliphatic carbocycles. The lowest BCUT2D eigenvalue weighted by Crippen LogP contribution is -2.36. The van der Waals surface area contributed by atoms with E-state index in [0.29, 0.717) is 32.1 Å². The van der Waals surface area contributed by atoms with Crippen molar-refractivity contribution in [2.75, 3.05) is 11.2 Å². The van der Waals surface area contributed by atoms with Crippen LogP contribution in [0.3, 0.4) is 0 Å². The number of rotatable bonds is 4. The van der Waals surface area contributed by atoms with Crippen molar-refractivity contribution in [2.45, 2.75) is 32.2 Å². The summed E-state index contributed by atoms with van der Waals surface area (Å²) in [6.45, 7) is 3.86. The van der Waals surface area contributed by atoms with Crippen LogP contribution in [-0.4, -0.2) is 39.3 Å². The second kappa shape index (κ2) is 10.0. The molecular weight excluding hydrogens is 540 g/mol. The number of halogens is 1. The van der Waals surface area contributed by atoms with Crippen LogP contribution < -0.4 is 19.1 Å². The van der Waals surface area contributed by atoms with E-state index < -0.39 is 18.2 Å². The first-order valence-electron chi connectivity index (χ1n) is 10.2. The number of hydrogen-bond acceptors (Lipinski definition) is 10. The summed E-state index contributed by atoms with van der Waals surface area (Å²) in [6, 6.07) is 10.3. The van der Waals surface area contributed by atoms with Crippen molar-refractivity contribution < 1.29 is 28.6 Å². The Kier molecular flexibility index (Phi) is 7.03. The Bertz CT molecular complexity index is 1350. The molecule has 0 bridgehead atoms. The summed E-state index contributed by atoms with van der Waals surface area (Å²) in [5.41, 5.74) is 1.95. The van der Waals surface area contributed by atoms with Crippen LogP contribution in [0.2, 0.25) is 0 Å². The Morgan fingerprint density at radius 1 is 1.06 bits per heavy atom. The highest BCUT2D eigenvalue weighted by Crippen LogP contribution is 2.46. The van der Waals surface area contributed by atoms with Crippen molar-refractivity contribution >= 4 is 51.2 Å². The molecule has 1 atom stereocenters. The second-order valence-corrected chi connectivity index (χ2v) is 8.97. The third kappa shape index (κ3) is 4.98. The average molecular weight is 559 g/mol. The van der Waals surface area contributed by atoms with E-state index in [2.05, 4.69) is 31.1 Å². The minimum atomic E-state index is -1.03. The van der Waals surface area contributed by atoms with Gasteiger partial charge in [-0.25, -0.2) is 0 Å². The van der Waals surface area contributed by atoms with Crippen molar-refractivity contribution in [3.05, 3.63) is 46.4 Å². The normalized spacial score (nSPS) is 14.2. The molecule has 4 rings (SSSR count). The highest BCUT2D eigenvalue weighted by molar-refractivity contribution is 9.10. The predicted molar refractivity (Wildman–Crippen MR) is 130 cm³/mol. The molecule has 10 nitrogen and oxygen atoms in total. The maximum absolute atomic E-state index is 13.0. The van der Waals surface area contributed by atoms with E-state index in [0.717, 1.165) is 0 Å². The van der Waals surface area contributed by atoms with Crippen LogP contribution in [0.15, 0.2) is 46.0 Å². The number of fused-ring (bicyclic) bond motifs is 3. The van der Waals surface area contributed by atoms with E-state index in [1.165, 1.54) is 43.5 Å². The van der Waals surface area contributed by atoms with E-state index in [4.69, 9.17) is 14.2 Å². The van der Waals surface area contributed by atoms with Gasteiger partial charge in [0.05, 0.1) is 10.2 Å². The molecule has 35 heavy (non-hydrogen) atoms. The lowest BCUT2D eigenvalue weighted by atomic mass is 10.1. The number of nitrogens with zero attached hydrogens (tertiary/aromatic N) is 4. The summed E-state index contributed by atoms with van der Waals surface area (Å²) in [5, 5.41) is 8.82.